The van der Waals surface area contributed by atoms with Crippen molar-refractivity contribution in [3.63, 3.8) is 0 Å². The van der Waals surface area contributed by atoms with Crippen LogP contribution in [0.15, 0.2) is 29.1 Å². The number of aromatic amines is 1. The second-order valence-corrected chi connectivity index (χ2v) is 8.68. The average molecular weight is 402 g/mol. The van der Waals surface area contributed by atoms with Crippen molar-refractivity contribution in [2.24, 2.45) is 0 Å². The van der Waals surface area contributed by atoms with Gasteiger partial charge in [0, 0.05) is 0 Å². The molecule has 1 aliphatic heterocycles. The number of anilines is 1. The fourth-order valence-corrected chi connectivity index (χ4v) is 5.38. The normalized spacial score (nSPS) is 21.2. The van der Waals surface area contributed by atoms with E-state index in [1.165, 1.54) is 31.0 Å². The minimum Gasteiger partial charge on any atom is -0.497 e. The molecule has 150 valence electrons. The van der Waals surface area contributed by atoms with Crippen LogP contribution in [-0.4, -0.2) is 28.6 Å². The quantitative estimate of drug-likeness (QED) is 0.806. The molecule has 6 nitrogen and oxygen atoms in total. The Morgan fingerprint density at radius 1 is 1.04 bits per heavy atom. The van der Waals surface area contributed by atoms with Gasteiger partial charge in [0.1, 0.15) is 11.6 Å². The molecule has 0 spiro atoms. The van der Waals surface area contributed by atoms with Gasteiger partial charge in [-0.25, -0.2) is 0 Å². The number of ether oxygens (including phenoxy) is 1. The van der Waals surface area contributed by atoms with Crippen molar-refractivity contribution in [1.29, 1.82) is 0 Å². The highest BCUT2D eigenvalue weighted by Gasteiger charge is 2.32. The zero-order chi connectivity index (χ0) is 19.5. The van der Waals surface area contributed by atoms with Crippen LogP contribution >= 0.6 is 11.8 Å². The number of amides is 1. The number of rotatable bonds is 3. The van der Waals surface area contributed by atoms with Gasteiger partial charge in [0.05, 0.1) is 29.7 Å². The number of nitrogens with zero attached hydrogens (tertiary/aromatic N) is 1. The fraction of sp³-hybridized carbons (Fsp3) is 0.524. The highest BCUT2D eigenvalue weighted by Crippen LogP contribution is 2.41. The summed E-state index contributed by atoms with van der Waals surface area (Å²) in [6, 6.07) is 7.98. The van der Waals surface area contributed by atoms with Gasteiger partial charge >= 0.3 is 0 Å². The average Bonchev–Trinajstić information content (AvgIpc) is 2.88. The van der Waals surface area contributed by atoms with Crippen LogP contribution in [0.4, 0.5) is 5.82 Å². The van der Waals surface area contributed by atoms with Gasteiger partial charge in [-0.15, -0.1) is 11.8 Å². The minimum atomic E-state index is -0.182. The van der Waals surface area contributed by atoms with E-state index in [0.717, 1.165) is 37.0 Å². The molecule has 1 aromatic carbocycles. The Morgan fingerprint density at radius 3 is 2.39 bits per heavy atom. The van der Waals surface area contributed by atoms with E-state index in [-0.39, 0.29) is 22.8 Å². The molecular formula is C21H27N3O3S. The predicted octanol–water partition coefficient (Wildman–Crippen LogP) is 4.25. The molecule has 1 aliphatic carbocycles. The lowest BCUT2D eigenvalue weighted by molar-refractivity contribution is -0.113. The van der Waals surface area contributed by atoms with Crippen LogP contribution in [0, 0.1) is 0 Å². The van der Waals surface area contributed by atoms with Crippen molar-refractivity contribution in [3.05, 3.63) is 45.7 Å². The van der Waals surface area contributed by atoms with Crippen LogP contribution in [-0.2, 0) is 4.79 Å². The number of benzene rings is 1. The standard InChI is InChI=1S/C21H27N3O3S/c1-27-16-11-9-14(10-12-16)19-18-20(22-17(25)13-28-19)24(23-21(18)26)15-7-5-3-2-4-6-8-15/h9-12,15,19H,2-8,13H2,1H3,(H,22,25)(H,23,26)/t19-/m1/s1. The highest BCUT2D eigenvalue weighted by molar-refractivity contribution is 8.00. The van der Waals surface area contributed by atoms with Crippen molar-refractivity contribution in [2.75, 3.05) is 18.2 Å². The Bertz CT molecular complexity index is 879. The van der Waals surface area contributed by atoms with Gasteiger partial charge in [-0.3, -0.25) is 19.4 Å². The van der Waals surface area contributed by atoms with Crippen molar-refractivity contribution in [1.82, 2.24) is 9.78 Å². The summed E-state index contributed by atoms with van der Waals surface area (Å²) in [6.45, 7) is 0. The van der Waals surface area contributed by atoms with Gasteiger partial charge in [-0.1, -0.05) is 44.2 Å². The molecule has 0 bridgehead atoms. The molecule has 7 heteroatoms. The molecule has 2 aromatic rings. The molecule has 2 heterocycles. The second-order valence-electron chi connectivity index (χ2n) is 7.58. The number of carbonyl (C=O) groups is 1. The van der Waals surface area contributed by atoms with Gasteiger partial charge in [0.25, 0.3) is 5.56 Å². The number of carbonyl (C=O) groups excluding carboxylic acids is 1. The zero-order valence-electron chi connectivity index (χ0n) is 16.2. The SMILES string of the molecule is COc1ccc([C@H]2SCC(=O)Nc3c2c(=O)[nH]n3C2CCCCCCC2)cc1. The Morgan fingerprint density at radius 2 is 1.71 bits per heavy atom. The molecule has 0 radical (unpaired) electrons. The van der Waals surface area contributed by atoms with E-state index in [2.05, 4.69) is 10.4 Å². The van der Waals surface area contributed by atoms with E-state index in [9.17, 15) is 9.59 Å². The number of methoxy groups -OCH3 is 1. The van der Waals surface area contributed by atoms with Crippen LogP contribution in [0.1, 0.15) is 67.4 Å². The lowest BCUT2D eigenvalue weighted by Crippen LogP contribution is -2.20. The van der Waals surface area contributed by atoms with E-state index in [1.807, 2.05) is 28.9 Å². The summed E-state index contributed by atoms with van der Waals surface area (Å²) in [4.78, 5) is 25.4. The van der Waals surface area contributed by atoms with E-state index < -0.39 is 0 Å². The Hall–Kier alpha value is -2.15. The summed E-state index contributed by atoms with van der Waals surface area (Å²) < 4.78 is 7.20. The van der Waals surface area contributed by atoms with Crippen LogP contribution in [0.5, 0.6) is 5.75 Å². The molecule has 1 fully saturated rings. The third kappa shape index (κ3) is 3.85. The number of hydrogen-bond donors (Lipinski definition) is 2. The fourth-order valence-electron chi connectivity index (χ4n) is 4.25. The maximum Gasteiger partial charge on any atom is 0.270 e. The predicted molar refractivity (Wildman–Crippen MR) is 112 cm³/mol. The molecule has 4 rings (SSSR count). The number of aromatic nitrogens is 2. The van der Waals surface area contributed by atoms with Gasteiger partial charge in [0.2, 0.25) is 5.91 Å². The zero-order valence-corrected chi connectivity index (χ0v) is 17.0. The summed E-state index contributed by atoms with van der Waals surface area (Å²) >= 11 is 1.50. The Kier molecular flexibility index (Phi) is 5.80. The summed E-state index contributed by atoms with van der Waals surface area (Å²) in [6.07, 6.45) is 8.15. The molecule has 1 amide bonds. The molecule has 2 N–H and O–H groups in total. The van der Waals surface area contributed by atoms with Crippen molar-refractivity contribution in [2.45, 2.75) is 56.2 Å². The van der Waals surface area contributed by atoms with Crippen LogP contribution in [0.2, 0.25) is 0 Å². The molecule has 1 atom stereocenters. The van der Waals surface area contributed by atoms with Gasteiger partial charge < -0.3 is 10.1 Å². The van der Waals surface area contributed by atoms with E-state index in [0.29, 0.717) is 17.1 Å². The first-order valence-electron chi connectivity index (χ1n) is 10.1. The maximum atomic E-state index is 13.0. The summed E-state index contributed by atoms with van der Waals surface area (Å²) in [5, 5.41) is 5.88. The van der Waals surface area contributed by atoms with E-state index in [1.54, 1.807) is 7.11 Å². The molecule has 1 aromatic heterocycles. The highest BCUT2D eigenvalue weighted by atomic mass is 32.2. The third-order valence-corrected chi connectivity index (χ3v) is 6.99. The van der Waals surface area contributed by atoms with E-state index in [4.69, 9.17) is 4.74 Å². The molecule has 28 heavy (non-hydrogen) atoms. The van der Waals surface area contributed by atoms with Crippen LogP contribution in [0.3, 0.4) is 0 Å². The molecular weight excluding hydrogens is 374 g/mol. The third-order valence-electron chi connectivity index (χ3n) is 5.72. The second kappa shape index (κ2) is 8.47. The summed E-state index contributed by atoms with van der Waals surface area (Å²) in [5.41, 5.74) is 1.56. The topological polar surface area (TPSA) is 76.1 Å². The Balaban J connectivity index is 1.74. The lowest BCUT2D eigenvalue weighted by Gasteiger charge is -2.23. The monoisotopic (exact) mass is 401 g/mol. The van der Waals surface area contributed by atoms with E-state index >= 15 is 0 Å². The first kappa shape index (κ1) is 19.2. The maximum absolute atomic E-state index is 13.0. The van der Waals surface area contributed by atoms with Crippen molar-refractivity contribution < 1.29 is 9.53 Å². The number of nitrogens with one attached hydrogen (secondary N) is 2. The number of fused-ring (bicyclic) bond motifs is 1. The van der Waals surface area contributed by atoms with Crippen LogP contribution in [0.25, 0.3) is 0 Å². The first-order chi connectivity index (χ1) is 13.7. The molecule has 1 saturated carbocycles. The summed E-state index contributed by atoms with van der Waals surface area (Å²) in [5.74, 6) is 1.71. The Labute approximate surface area is 169 Å². The number of thioether (sulfide) groups is 1. The van der Waals surface area contributed by atoms with Crippen molar-refractivity contribution >= 4 is 23.5 Å². The van der Waals surface area contributed by atoms with Gasteiger partial charge in [-0.2, -0.15) is 0 Å². The number of H-pyrrole nitrogens is 1. The minimum absolute atomic E-state index is 0.0548. The lowest BCUT2D eigenvalue weighted by atomic mass is 9.96. The van der Waals surface area contributed by atoms with Crippen molar-refractivity contribution in [3.8, 4) is 5.75 Å². The summed E-state index contributed by atoms with van der Waals surface area (Å²) in [7, 11) is 1.63. The number of hydrogen-bond acceptors (Lipinski definition) is 4. The molecule has 2 aliphatic rings. The smallest absolute Gasteiger partial charge is 0.270 e. The first-order valence-corrected chi connectivity index (χ1v) is 11.1. The molecule has 0 unspecified atom stereocenters. The van der Waals surface area contributed by atoms with Crippen LogP contribution < -0.4 is 15.6 Å². The largest absolute Gasteiger partial charge is 0.497 e. The molecule has 0 saturated heterocycles. The van der Waals surface area contributed by atoms with Gasteiger partial charge in [0.15, 0.2) is 0 Å². The van der Waals surface area contributed by atoms with Gasteiger partial charge in [-0.05, 0) is 30.5 Å².